The van der Waals surface area contributed by atoms with Crippen LogP contribution in [0.4, 0.5) is 30.7 Å². The van der Waals surface area contributed by atoms with Gasteiger partial charge in [0.15, 0.2) is 0 Å². The van der Waals surface area contributed by atoms with Gasteiger partial charge in [-0.05, 0) is 71.2 Å². The van der Waals surface area contributed by atoms with Gasteiger partial charge in [-0.25, -0.2) is 17.6 Å². The maximum absolute atomic E-state index is 15.2. The summed E-state index contributed by atoms with van der Waals surface area (Å²) in [5.41, 5.74) is 0.0133. The molecule has 0 unspecified atom stereocenters. The van der Waals surface area contributed by atoms with Crippen LogP contribution >= 0.6 is 0 Å². The highest BCUT2D eigenvalue weighted by Crippen LogP contribution is 2.34. The second-order valence-electron chi connectivity index (χ2n) is 8.46. The molecule has 0 N–H and O–H groups in total. The lowest BCUT2D eigenvalue weighted by atomic mass is 9.96. The molecule has 36 heavy (non-hydrogen) atoms. The van der Waals surface area contributed by atoms with Crippen LogP contribution in [0.25, 0.3) is 21.9 Å². The Morgan fingerprint density at radius 2 is 1.39 bits per heavy atom. The largest absolute Gasteiger partial charge is 0.422 e. The number of hydrogen-bond donors (Lipinski definition) is 0. The van der Waals surface area contributed by atoms with E-state index >= 15 is 4.39 Å². The van der Waals surface area contributed by atoms with Gasteiger partial charge in [-0.3, -0.25) is 0 Å². The molecule has 0 heterocycles. The first-order valence-electron chi connectivity index (χ1n) is 11.1. The number of alkyl halides is 3. The van der Waals surface area contributed by atoms with Crippen LogP contribution in [0.3, 0.4) is 0 Å². The van der Waals surface area contributed by atoms with E-state index < -0.39 is 35.0 Å². The molecular weight excluding hydrogens is 485 g/mol. The summed E-state index contributed by atoms with van der Waals surface area (Å²) < 4.78 is 101. The molecule has 0 amide bonds. The van der Waals surface area contributed by atoms with Crippen molar-refractivity contribution in [2.45, 2.75) is 25.4 Å². The van der Waals surface area contributed by atoms with Gasteiger partial charge in [-0.15, -0.1) is 0 Å². The minimum atomic E-state index is -5.15. The number of aryl methyl sites for hydroxylation is 2. The average molecular weight is 506 g/mol. The Hall–Kier alpha value is -3.39. The monoisotopic (exact) mass is 506 g/mol. The van der Waals surface area contributed by atoms with E-state index in [1.54, 1.807) is 37.4 Å². The summed E-state index contributed by atoms with van der Waals surface area (Å²) in [5, 5.41) is 0.807. The number of benzene rings is 4. The summed E-state index contributed by atoms with van der Waals surface area (Å²) in [6.45, 7) is 0.471. The van der Waals surface area contributed by atoms with Crippen LogP contribution in [-0.4, -0.2) is 13.7 Å². The average Bonchev–Trinajstić information content (AvgIpc) is 2.81. The minimum absolute atomic E-state index is 0.0164. The van der Waals surface area contributed by atoms with Crippen molar-refractivity contribution in [3.8, 4) is 11.1 Å². The topological polar surface area (TPSA) is 9.23 Å². The molecule has 4 rings (SSSR count). The van der Waals surface area contributed by atoms with Gasteiger partial charge in [0.25, 0.3) is 0 Å². The summed E-state index contributed by atoms with van der Waals surface area (Å²) in [6, 6.07) is 14.1. The number of ether oxygens (including phenoxy) is 1. The lowest BCUT2D eigenvalue weighted by Crippen LogP contribution is -2.12. The van der Waals surface area contributed by atoms with Gasteiger partial charge in [-0.2, -0.15) is 13.2 Å². The van der Waals surface area contributed by atoms with Crippen molar-refractivity contribution < 1.29 is 35.5 Å². The molecule has 0 saturated heterocycles. The van der Waals surface area contributed by atoms with Crippen LogP contribution in [0.5, 0.6) is 0 Å². The van der Waals surface area contributed by atoms with Crippen molar-refractivity contribution in [1.82, 2.24) is 0 Å². The molecule has 188 valence electrons. The zero-order valence-electron chi connectivity index (χ0n) is 19.2. The number of methoxy groups -OCH3 is 1. The fraction of sp³-hybridized carbons (Fsp3) is 0.214. The number of hydrogen-bond acceptors (Lipinski definition) is 1. The van der Waals surface area contributed by atoms with Crippen molar-refractivity contribution >= 4 is 10.8 Å². The van der Waals surface area contributed by atoms with Crippen molar-refractivity contribution in [2.24, 2.45) is 0 Å². The molecule has 0 radical (unpaired) electrons. The molecule has 0 aliphatic carbocycles. The van der Waals surface area contributed by atoms with Gasteiger partial charge in [0.05, 0.1) is 6.61 Å². The third-order valence-corrected chi connectivity index (χ3v) is 6.04. The summed E-state index contributed by atoms with van der Waals surface area (Å²) in [5.74, 6) is -4.37. The predicted octanol–water partition coefficient (Wildman–Crippen LogP) is 8.06. The molecule has 8 heteroatoms. The first kappa shape index (κ1) is 25.7. The van der Waals surface area contributed by atoms with E-state index in [2.05, 4.69) is 0 Å². The number of halogens is 7. The molecule has 0 aliphatic rings. The Bertz CT molecular complexity index is 1390. The predicted molar refractivity (Wildman–Crippen MR) is 124 cm³/mol. The van der Waals surface area contributed by atoms with Gasteiger partial charge in [-0.1, -0.05) is 36.4 Å². The molecule has 0 spiro atoms. The first-order chi connectivity index (χ1) is 17.1. The normalized spacial score (nSPS) is 11.9. The van der Waals surface area contributed by atoms with Crippen LogP contribution in [0, 0.1) is 23.3 Å². The lowest BCUT2D eigenvalue weighted by Gasteiger charge is -2.12. The highest BCUT2D eigenvalue weighted by molar-refractivity contribution is 5.88. The van der Waals surface area contributed by atoms with Crippen molar-refractivity contribution in [2.75, 3.05) is 13.7 Å². The summed E-state index contributed by atoms with van der Waals surface area (Å²) in [7, 11) is 1.57. The molecular formula is C28H21F7O. The highest BCUT2D eigenvalue weighted by atomic mass is 19.4. The van der Waals surface area contributed by atoms with Gasteiger partial charge in [0.1, 0.15) is 28.8 Å². The molecule has 0 atom stereocenters. The van der Waals surface area contributed by atoms with E-state index in [-0.39, 0.29) is 29.4 Å². The molecule has 0 bridgehead atoms. The zero-order chi connectivity index (χ0) is 26.0. The lowest BCUT2D eigenvalue weighted by molar-refractivity contribution is -0.142. The maximum Gasteiger partial charge on any atom is 0.422 e. The third kappa shape index (κ3) is 5.38. The molecule has 0 aromatic heterocycles. The Kier molecular flexibility index (Phi) is 7.36. The van der Waals surface area contributed by atoms with Crippen LogP contribution in [0.2, 0.25) is 0 Å². The summed E-state index contributed by atoms with van der Waals surface area (Å²) >= 11 is 0. The number of rotatable bonds is 7. The van der Waals surface area contributed by atoms with Gasteiger partial charge < -0.3 is 4.74 Å². The first-order valence-corrected chi connectivity index (χ1v) is 11.1. The third-order valence-electron chi connectivity index (χ3n) is 6.04. The molecule has 0 saturated carbocycles. The van der Waals surface area contributed by atoms with E-state index in [0.29, 0.717) is 41.7 Å². The summed E-state index contributed by atoms with van der Waals surface area (Å²) in [6.07, 6.45) is -4.62. The molecule has 1 nitrogen and oxygen atoms in total. The number of fused-ring (bicyclic) bond motifs is 1. The van der Waals surface area contributed by atoms with Gasteiger partial charge >= 0.3 is 6.18 Å². The highest BCUT2D eigenvalue weighted by Gasteiger charge is 2.37. The van der Waals surface area contributed by atoms with Crippen molar-refractivity contribution in [3.05, 3.63) is 106 Å². The van der Waals surface area contributed by atoms with Gasteiger partial charge in [0.2, 0.25) is 0 Å². The van der Waals surface area contributed by atoms with E-state index in [9.17, 15) is 26.3 Å². The molecule has 0 fully saturated rings. The van der Waals surface area contributed by atoms with Crippen molar-refractivity contribution in [1.29, 1.82) is 0 Å². The smallest absolute Gasteiger partial charge is 0.384 e. The Labute approximate surface area is 203 Å². The second-order valence-corrected chi connectivity index (χ2v) is 8.46. The van der Waals surface area contributed by atoms with Crippen LogP contribution < -0.4 is 0 Å². The van der Waals surface area contributed by atoms with E-state index in [0.717, 1.165) is 5.56 Å². The SMILES string of the molecule is COCCc1ccc(-c2ccc3c(F)c(CCc4cc(F)c(C(F)(F)F)c(F)c4)ccc3c2)c(F)c1. The molecule has 4 aromatic rings. The van der Waals surface area contributed by atoms with Crippen molar-refractivity contribution in [3.63, 3.8) is 0 Å². The Balaban J connectivity index is 1.56. The Morgan fingerprint density at radius 3 is 2.03 bits per heavy atom. The molecule has 0 aliphatic heterocycles. The quantitative estimate of drug-likeness (QED) is 0.231. The standard InChI is InChI=1S/C28H21F7O/c1-36-11-10-16-3-8-21(23(29)12-16)19-7-9-22-20(15-19)6-5-18(27(22)32)4-2-17-13-24(30)26(25(31)14-17)28(33,34)35/h3,5-9,12-15H,2,4,10-11H2,1H3. The summed E-state index contributed by atoms with van der Waals surface area (Å²) in [4.78, 5) is 0. The van der Waals surface area contributed by atoms with Crippen LogP contribution in [0.15, 0.2) is 60.7 Å². The fourth-order valence-corrected chi connectivity index (χ4v) is 4.19. The van der Waals surface area contributed by atoms with E-state index in [1.165, 1.54) is 18.2 Å². The Morgan fingerprint density at radius 1 is 0.694 bits per heavy atom. The molecule has 4 aromatic carbocycles. The minimum Gasteiger partial charge on any atom is -0.384 e. The second kappa shape index (κ2) is 10.3. The van der Waals surface area contributed by atoms with E-state index in [4.69, 9.17) is 4.74 Å². The van der Waals surface area contributed by atoms with Gasteiger partial charge in [0, 0.05) is 18.1 Å². The van der Waals surface area contributed by atoms with Crippen LogP contribution in [-0.2, 0) is 30.2 Å². The zero-order valence-corrected chi connectivity index (χ0v) is 19.2. The van der Waals surface area contributed by atoms with E-state index in [1.807, 2.05) is 0 Å². The fourth-order valence-electron chi connectivity index (χ4n) is 4.19. The maximum atomic E-state index is 15.2. The van der Waals surface area contributed by atoms with Crippen LogP contribution in [0.1, 0.15) is 22.3 Å².